The van der Waals surface area contributed by atoms with E-state index in [1.807, 2.05) is 96.9 Å². The van der Waals surface area contributed by atoms with E-state index < -0.39 is 0 Å². The molecule has 246 valence electrons. The lowest BCUT2D eigenvalue weighted by atomic mass is 9.97. The molecular formula is C44H65N. The highest BCUT2D eigenvalue weighted by atomic mass is 15.1. The van der Waals surface area contributed by atoms with Crippen LogP contribution in [0.3, 0.4) is 0 Å². The highest BCUT2D eigenvalue weighted by molar-refractivity contribution is 5.90. The minimum atomic E-state index is 1.14. The van der Waals surface area contributed by atoms with Crippen LogP contribution < -0.4 is 4.90 Å². The normalized spacial score (nSPS) is 8.22. The zero-order chi connectivity index (χ0) is 34.9. The number of hydrogen-bond donors (Lipinski definition) is 0. The Morgan fingerprint density at radius 3 is 0.956 bits per heavy atom. The predicted molar refractivity (Wildman–Crippen MR) is 211 cm³/mol. The third-order valence-corrected chi connectivity index (χ3v) is 5.46. The van der Waals surface area contributed by atoms with Crippen LogP contribution in [0.15, 0.2) is 140 Å². The molecule has 0 heterocycles. The van der Waals surface area contributed by atoms with E-state index >= 15 is 0 Å². The second kappa shape index (κ2) is 32.8. The van der Waals surface area contributed by atoms with Crippen molar-refractivity contribution in [3.63, 3.8) is 0 Å². The summed E-state index contributed by atoms with van der Waals surface area (Å²) >= 11 is 0. The molecule has 0 saturated heterocycles. The van der Waals surface area contributed by atoms with Crippen molar-refractivity contribution in [1.82, 2.24) is 0 Å². The molecule has 0 saturated carbocycles. The van der Waals surface area contributed by atoms with Gasteiger partial charge < -0.3 is 4.90 Å². The van der Waals surface area contributed by atoms with Crippen LogP contribution in [0.25, 0.3) is 22.3 Å². The summed E-state index contributed by atoms with van der Waals surface area (Å²) in [6.45, 7) is 28.0. The highest BCUT2D eigenvalue weighted by Gasteiger charge is 2.17. The fourth-order valence-electron chi connectivity index (χ4n) is 3.97. The number of rotatable bonds is 5. The van der Waals surface area contributed by atoms with E-state index in [0.717, 1.165) is 17.1 Å². The highest BCUT2D eigenvalue weighted by Crippen LogP contribution is 2.42. The van der Waals surface area contributed by atoms with Crippen LogP contribution in [-0.4, -0.2) is 0 Å². The van der Waals surface area contributed by atoms with Gasteiger partial charge >= 0.3 is 0 Å². The van der Waals surface area contributed by atoms with E-state index in [9.17, 15) is 0 Å². The average molecular weight is 608 g/mol. The van der Waals surface area contributed by atoms with Crippen molar-refractivity contribution in [2.45, 2.75) is 96.9 Å². The van der Waals surface area contributed by atoms with Gasteiger partial charge in [0.05, 0.1) is 5.69 Å². The fourth-order valence-corrected chi connectivity index (χ4v) is 3.97. The van der Waals surface area contributed by atoms with E-state index in [0.29, 0.717) is 0 Å². The summed E-state index contributed by atoms with van der Waals surface area (Å²) < 4.78 is 0. The molecule has 0 fully saturated rings. The Morgan fingerprint density at radius 2 is 0.600 bits per heavy atom. The van der Waals surface area contributed by atoms with Gasteiger partial charge in [0.2, 0.25) is 0 Å². The summed E-state index contributed by atoms with van der Waals surface area (Å²) in [4.78, 5) is 2.34. The summed E-state index contributed by atoms with van der Waals surface area (Å²) in [5.74, 6) is 0. The topological polar surface area (TPSA) is 3.24 Å². The first-order valence-electron chi connectivity index (χ1n) is 17.6. The monoisotopic (exact) mass is 608 g/mol. The summed E-state index contributed by atoms with van der Waals surface area (Å²) in [6, 6.07) is 49.1. The Morgan fingerprint density at radius 1 is 0.289 bits per heavy atom. The van der Waals surface area contributed by atoms with E-state index in [2.05, 4.69) is 144 Å². The molecule has 0 N–H and O–H groups in total. The van der Waals surface area contributed by atoms with Crippen LogP contribution in [0.4, 0.5) is 17.1 Å². The van der Waals surface area contributed by atoms with Gasteiger partial charge in [0.25, 0.3) is 0 Å². The predicted octanol–water partition coefficient (Wildman–Crippen LogP) is 15.7. The first-order chi connectivity index (χ1) is 22.4. The lowest BCUT2D eigenvalue weighted by Crippen LogP contribution is -2.11. The summed E-state index contributed by atoms with van der Waals surface area (Å²) in [5, 5.41) is 0. The number of anilines is 3. The number of benzene rings is 5. The summed E-state index contributed by atoms with van der Waals surface area (Å²) in [6.07, 6.45) is 0. The van der Waals surface area contributed by atoms with Crippen LogP contribution in [-0.2, 0) is 0 Å². The molecule has 0 unspecified atom stereocenters. The van der Waals surface area contributed by atoms with Crippen LogP contribution in [0.5, 0.6) is 0 Å². The van der Waals surface area contributed by atoms with Gasteiger partial charge in [-0.25, -0.2) is 0 Å². The van der Waals surface area contributed by atoms with Gasteiger partial charge in [0.15, 0.2) is 0 Å². The molecule has 0 radical (unpaired) electrons. The number of nitrogens with zero attached hydrogens (tertiary/aromatic N) is 1. The molecule has 45 heavy (non-hydrogen) atoms. The minimum Gasteiger partial charge on any atom is -0.310 e. The van der Waals surface area contributed by atoms with Crippen molar-refractivity contribution in [3.8, 4) is 22.3 Å². The number of hydrogen-bond acceptors (Lipinski definition) is 1. The Balaban J connectivity index is -0.00000112. The van der Waals surface area contributed by atoms with Crippen molar-refractivity contribution in [3.05, 3.63) is 140 Å². The Hall–Kier alpha value is -4.10. The van der Waals surface area contributed by atoms with Crippen LogP contribution in [0.1, 0.15) is 96.9 Å². The molecule has 5 rings (SSSR count). The van der Waals surface area contributed by atoms with Crippen molar-refractivity contribution in [1.29, 1.82) is 0 Å². The third kappa shape index (κ3) is 15.5. The summed E-state index contributed by atoms with van der Waals surface area (Å²) in [7, 11) is 0. The molecule has 0 aliphatic rings. The van der Waals surface area contributed by atoms with E-state index in [1.54, 1.807) is 0 Å². The maximum atomic E-state index is 2.34. The molecule has 0 aromatic heterocycles. The van der Waals surface area contributed by atoms with E-state index in [-0.39, 0.29) is 0 Å². The van der Waals surface area contributed by atoms with Crippen LogP contribution in [0, 0.1) is 0 Å². The van der Waals surface area contributed by atoms with Gasteiger partial charge in [0.1, 0.15) is 0 Å². The summed E-state index contributed by atoms with van der Waals surface area (Å²) in [5.41, 5.74) is 8.25. The molecule has 0 atom stereocenters. The average Bonchev–Trinajstić information content (AvgIpc) is 3.19. The van der Waals surface area contributed by atoms with Gasteiger partial charge in [0, 0.05) is 16.9 Å². The SMILES string of the molecule is CC.CC.CC.CC.CC.CC.CC.c1ccc(-c2ccc(-c3ccccc3)c(N(c3ccccc3)c3ccccc3)c2)cc1. The zero-order valence-electron chi connectivity index (χ0n) is 31.2. The van der Waals surface area contributed by atoms with Crippen molar-refractivity contribution >= 4 is 17.1 Å². The van der Waals surface area contributed by atoms with E-state index in [4.69, 9.17) is 0 Å². The van der Waals surface area contributed by atoms with Crippen molar-refractivity contribution < 1.29 is 0 Å². The van der Waals surface area contributed by atoms with Gasteiger partial charge in [-0.05, 0) is 47.0 Å². The lowest BCUT2D eigenvalue weighted by Gasteiger charge is -2.28. The third-order valence-electron chi connectivity index (χ3n) is 5.46. The first kappa shape index (κ1) is 45.3. The van der Waals surface area contributed by atoms with Crippen molar-refractivity contribution in [2.24, 2.45) is 0 Å². The van der Waals surface area contributed by atoms with Crippen LogP contribution >= 0.6 is 0 Å². The Labute approximate surface area is 280 Å². The van der Waals surface area contributed by atoms with Gasteiger partial charge in [-0.1, -0.05) is 206 Å². The van der Waals surface area contributed by atoms with E-state index in [1.165, 1.54) is 22.3 Å². The standard InChI is InChI=1S/C30H23N.7C2H6/c1-5-13-24(14-6-1)26-21-22-29(25-15-7-2-8-16-25)30(23-26)31(27-17-9-3-10-18-27)28-19-11-4-12-20-28;7*1-2/h1-23H;7*1-2H3. The number of para-hydroxylation sites is 2. The Bertz CT molecular complexity index is 1210. The molecule has 1 heteroatoms. The second-order valence-electron chi connectivity index (χ2n) is 7.47. The maximum Gasteiger partial charge on any atom is 0.0546 e. The molecular weight excluding hydrogens is 542 g/mol. The van der Waals surface area contributed by atoms with Gasteiger partial charge in [-0.2, -0.15) is 0 Å². The molecule has 0 spiro atoms. The van der Waals surface area contributed by atoms with Gasteiger partial charge in [-0.15, -0.1) is 0 Å². The zero-order valence-corrected chi connectivity index (χ0v) is 31.2. The first-order valence-corrected chi connectivity index (χ1v) is 17.6. The smallest absolute Gasteiger partial charge is 0.0546 e. The Kier molecular flexibility index (Phi) is 33.0. The molecule has 0 aliphatic heterocycles. The molecule has 5 aromatic rings. The largest absolute Gasteiger partial charge is 0.310 e. The fraction of sp³-hybridized carbons (Fsp3) is 0.318. The molecule has 5 aromatic carbocycles. The van der Waals surface area contributed by atoms with Crippen molar-refractivity contribution in [2.75, 3.05) is 4.90 Å². The molecule has 0 bridgehead atoms. The molecule has 0 aliphatic carbocycles. The molecule has 0 amide bonds. The van der Waals surface area contributed by atoms with Crippen LogP contribution in [0.2, 0.25) is 0 Å². The lowest BCUT2D eigenvalue weighted by molar-refractivity contribution is 1.28. The molecule has 1 nitrogen and oxygen atoms in total. The quantitative estimate of drug-likeness (QED) is 0.192. The minimum absolute atomic E-state index is 1.14. The maximum absolute atomic E-state index is 2.34. The van der Waals surface area contributed by atoms with Gasteiger partial charge in [-0.3, -0.25) is 0 Å². The second-order valence-corrected chi connectivity index (χ2v) is 7.47.